The highest BCUT2D eigenvalue weighted by molar-refractivity contribution is 9.10. The minimum atomic E-state index is 0.610. The maximum atomic E-state index is 4.27. The van der Waals surface area contributed by atoms with Crippen LogP contribution in [0.2, 0.25) is 0 Å². The molecule has 1 N–H and O–H groups in total. The van der Waals surface area contributed by atoms with Gasteiger partial charge in [0, 0.05) is 16.1 Å². The van der Waals surface area contributed by atoms with Gasteiger partial charge >= 0.3 is 0 Å². The number of hydrogen-bond acceptors (Lipinski definition) is 3. The van der Waals surface area contributed by atoms with E-state index in [1.807, 2.05) is 12.1 Å². The third-order valence-corrected chi connectivity index (χ3v) is 3.92. The molecule has 1 aromatic carbocycles. The summed E-state index contributed by atoms with van der Waals surface area (Å²) in [5.74, 6) is 0.868. The van der Waals surface area contributed by atoms with Gasteiger partial charge in [0.15, 0.2) is 0 Å². The fourth-order valence-electron chi connectivity index (χ4n) is 1.75. The minimum absolute atomic E-state index is 0.610. The zero-order valence-corrected chi connectivity index (χ0v) is 11.7. The molecule has 0 saturated heterocycles. The quantitative estimate of drug-likeness (QED) is 0.937. The van der Waals surface area contributed by atoms with Crippen molar-refractivity contribution in [1.29, 1.82) is 0 Å². The van der Waals surface area contributed by atoms with Crippen LogP contribution in [0, 0.1) is 6.92 Å². The average molecular weight is 304 g/mol. The molecule has 1 saturated carbocycles. The van der Waals surface area contributed by atoms with Crippen LogP contribution in [0.15, 0.2) is 34.8 Å². The molecule has 1 aromatic heterocycles. The number of anilines is 1. The van der Waals surface area contributed by atoms with Crippen LogP contribution in [0.5, 0.6) is 0 Å². The van der Waals surface area contributed by atoms with Crippen molar-refractivity contribution in [2.24, 2.45) is 0 Å². The molecule has 0 spiro atoms. The normalized spacial score (nSPS) is 14.6. The van der Waals surface area contributed by atoms with Gasteiger partial charge in [-0.15, -0.1) is 10.2 Å². The molecule has 3 rings (SSSR count). The van der Waals surface area contributed by atoms with Crippen LogP contribution < -0.4 is 5.32 Å². The lowest BCUT2D eigenvalue weighted by Crippen LogP contribution is -2.03. The monoisotopic (exact) mass is 303 g/mol. The van der Waals surface area contributed by atoms with Gasteiger partial charge in [-0.05, 0) is 43.5 Å². The Morgan fingerprint density at radius 2 is 2.00 bits per heavy atom. The first-order chi connectivity index (χ1) is 8.72. The van der Waals surface area contributed by atoms with Gasteiger partial charge in [0.05, 0.1) is 5.69 Å². The van der Waals surface area contributed by atoms with Crippen LogP contribution in [-0.4, -0.2) is 16.2 Å². The molecule has 0 aliphatic heterocycles. The third-order valence-electron chi connectivity index (χ3n) is 3.06. The number of aryl methyl sites for hydroxylation is 1. The Morgan fingerprint density at radius 3 is 2.61 bits per heavy atom. The van der Waals surface area contributed by atoms with Gasteiger partial charge in [-0.2, -0.15) is 0 Å². The second kappa shape index (κ2) is 4.69. The van der Waals surface area contributed by atoms with Gasteiger partial charge in [0.25, 0.3) is 0 Å². The molecule has 0 amide bonds. The van der Waals surface area contributed by atoms with Crippen molar-refractivity contribution in [2.75, 3.05) is 5.32 Å². The Morgan fingerprint density at radius 1 is 1.17 bits per heavy atom. The smallest absolute Gasteiger partial charge is 0.148 e. The van der Waals surface area contributed by atoms with E-state index in [9.17, 15) is 0 Å². The molecule has 1 aliphatic carbocycles. The molecule has 3 nitrogen and oxygen atoms in total. The van der Waals surface area contributed by atoms with Gasteiger partial charge < -0.3 is 5.32 Å². The summed E-state index contributed by atoms with van der Waals surface area (Å²) in [5, 5.41) is 11.8. The SMILES string of the molecule is Cc1ccc(-c2ccc(NC3CC3)nn2)cc1Br. The lowest BCUT2D eigenvalue weighted by Gasteiger charge is -2.05. The third kappa shape index (κ3) is 2.53. The van der Waals surface area contributed by atoms with E-state index in [2.05, 4.69) is 56.6 Å². The van der Waals surface area contributed by atoms with E-state index in [0.29, 0.717) is 6.04 Å². The fraction of sp³-hybridized carbons (Fsp3) is 0.286. The fourth-order valence-corrected chi connectivity index (χ4v) is 2.13. The van der Waals surface area contributed by atoms with Crippen LogP contribution in [0.1, 0.15) is 18.4 Å². The van der Waals surface area contributed by atoms with Crippen LogP contribution in [-0.2, 0) is 0 Å². The first-order valence-corrected chi connectivity index (χ1v) is 6.88. The van der Waals surface area contributed by atoms with Crippen LogP contribution in [0.3, 0.4) is 0 Å². The standard InChI is InChI=1S/C14H14BrN3/c1-9-2-3-10(8-12(9)15)13-6-7-14(18-17-13)16-11-4-5-11/h2-3,6-8,11H,4-5H2,1H3,(H,16,18). The summed E-state index contributed by atoms with van der Waals surface area (Å²) in [7, 11) is 0. The maximum absolute atomic E-state index is 4.27. The molecule has 0 unspecified atom stereocenters. The summed E-state index contributed by atoms with van der Waals surface area (Å²) in [6.45, 7) is 2.07. The van der Waals surface area contributed by atoms with Gasteiger partial charge in [-0.25, -0.2) is 0 Å². The molecule has 1 aliphatic rings. The Kier molecular flexibility index (Phi) is 3.04. The molecule has 0 atom stereocenters. The second-order valence-electron chi connectivity index (χ2n) is 4.69. The van der Waals surface area contributed by atoms with Crippen LogP contribution in [0.4, 0.5) is 5.82 Å². The summed E-state index contributed by atoms with van der Waals surface area (Å²) in [5.41, 5.74) is 3.20. The van der Waals surface area contributed by atoms with E-state index in [1.54, 1.807) is 0 Å². The number of rotatable bonds is 3. The first-order valence-electron chi connectivity index (χ1n) is 6.09. The lowest BCUT2D eigenvalue weighted by molar-refractivity contribution is 1.00. The van der Waals surface area contributed by atoms with Crippen LogP contribution in [0.25, 0.3) is 11.3 Å². The average Bonchev–Trinajstić information content (AvgIpc) is 3.18. The predicted molar refractivity (Wildman–Crippen MR) is 76.5 cm³/mol. The molecular formula is C14H14BrN3. The highest BCUT2D eigenvalue weighted by Gasteiger charge is 2.21. The van der Waals surface area contributed by atoms with Gasteiger partial charge in [-0.3, -0.25) is 0 Å². The van der Waals surface area contributed by atoms with Crippen molar-refractivity contribution in [1.82, 2.24) is 10.2 Å². The first kappa shape index (κ1) is 11.7. The molecule has 18 heavy (non-hydrogen) atoms. The van der Waals surface area contributed by atoms with Crippen LogP contribution >= 0.6 is 15.9 Å². The zero-order valence-electron chi connectivity index (χ0n) is 10.2. The molecule has 1 heterocycles. The van der Waals surface area contributed by atoms with E-state index in [1.165, 1.54) is 18.4 Å². The van der Waals surface area contributed by atoms with E-state index < -0.39 is 0 Å². The number of hydrogen-bond donors (Lipinski definition) is 1. The van der Waals surface area contributed by atoms with Crippen molar-refractivity contribution < 1.29 is 0 Å². The highest BCUT2D eigenvalue weighted by Crippen LogP contribution is 2.26. The molecule has 0 bridgehead atoms. The summed E-state index contributed by atoms with van der Waals surface area (Å²) < 4.78 is 1.10. The molecule has 2 aromatic rings. The molecule has 0 radical (unpaired) electrons. The highest BCUT2D eigenvalue weighted by atomic mass is 79.9. The molecular weight excluding hydrogens is 290 g/mol. The van der Waals surface area contributed by atoms with E-state index >= 15 is 0 Å². The number of halogens is 1. The van der Waals surface area contributed by atoms with Crippen molar-refractivity contribution in [3.05, 3.63) is 40.4 Å². The Hall–Kier alpha value is -1.42. The largest absolute Gasteiger partial charge is 0.366 e. The maximum Gasteiger partial charge on any atom is 0.148 e. The molecule has 1 fully saturated rings. The zero-order chi connectivity index (χ0) is 12.5. The van der Waals surface area contributed by atoms with Crippen molar-refractivity contribution >= 4 is 21.7 Å². The molecule has 92 valence electrons. The van der Waals surface area contributed by atoms with Gasteiger partial charge in [0.2, 0.25) is 0 Å². The Labute approximate surface area is 115 Å². The molecule has 4 heteroatoms. The van der Waals surface area contributed by atoms with Crippen molar-refractivity contribution in [3.8, 4) is 11.3 Å². The summed E-state index contributed by atoms with van der Waals surface area (Å²) >= 11 is 3.54. The van der Waals surface area contributed by atoms with Gasteiger partial charge in [0.1, 0.15) is 5.82 Å². The van der Waals surface area contributed by atoms with E-state index in [4.69, 9.17) is 0 Å². The van der Waals surface area contributed by atoms with Crippen molar-refractivity contribution in [2.45, 2.75) is 25.8 Å². The summed E-state index contributed by atoms with van der Waals surface area (Å²) in [4.78, 5) is 0. The summed E-state index contributed by atoms with van der Waals surface area (Å²) in [6, 6.07) is 10.8. The summed E-state index contributed by atoms with van der Waals surface area (Å²) in [6.07, 6.45) is 2.49. The van der Waals surface area contributed by atoms with E-state index in [0.717, 1.165) is 21.5 Å². The van der Waals surface area contributed by atoms with Gasteiger partial charge in [-0.1, -0.05) is 28.1 Å². The van der Waals surface area contributed by atoms with Crippen molar-refractivity contribution in [3.63, 3.8) is 0 Å². The Balaban J connectivity index is 1.84. The minimum Gasteiger partial charge on any atom is -0.366 e. The predicted octanol–water partition coefficient (Wildman–Crippen LogP) is 3.79. The number of nitrogens with one attached hydrogen (secondary N) is 1. The van der Waals surface area contributed by atoms with E-state index in [-0.39, 0.29) is 0 Å². The lowest BCUT2D eigenvalue weighted by atomic mass is 10.1. The topological polar surface area (TPSA) is 37.8 Å². The number of benzene rings is 1. The number of aromatic nitrogens is 2. The number of nitrogens with zero attached hydrogens (tertiary/aromatic N) is 2. The Bertz CT molecular complexity index is 562. The second-order valence-corrected chi connectivity index (χ2v) is 5.54.